The smallest absolute Gasteiger partial charge is 0.249 e. The molecule has 3 aliphatic rings. The molecule has 0 aromatic heterocycles. The van der Waals surface area contributed by atoms with E-state index in [-0.39, 0.29) is 23.7 Å². The number of likely N-dealkylation sites (tertiary alicyclic amines) is 1. The van der Waals surface area contributed by atoms with E-state index in [1.807, 2.05) is 12.1 Å². The van der Waals surface area contributed by atoms with Crippen LogP contribution in [0.1, 0.15) is 44.1 Å². The number of piperidine rings is 1. The zero-order valence-corrected chi connectivity index (χ0v) is 16.8. The fourth-order valence-corrected chi connectivity index (χ4v) is 4.71. The molecule has 3 fully saturated rings. The van der Waals surface area contributed by atoms with Crippen LogP contribution in [-0.2, 0) is 20.8 Å². The van der Waals surface area contributed by atoms with Gasteiger partial charge < -0.3 is 19.5 Å². The molecule has 1 aromatic rings. The summed E-state index contributed by atoms with van der Waals surface area (Å²) in [6.45, 7) is 4.29. The van der Waals surface area contributed by atoms with Crippen molar-refractivity contribution in [3.05, 3.63) is 29.8 Å². The van der Waals surface area contributed by atoms with Gasteiger partial charge in [0, 0.05) is 38.3 Å². The van der Waals surface area contributed by atoms with Crippen LogP contribution in [0.15, 0.2) is 24.3 Å². The van der Waals surface area contributed by atoms with Gasteiger partial charge in [-0.25, -0.2) is 0 Å². The predicted octanol–water partition coefficient (Wildman–Crippen LogP) is 2.50. The van der Waals surface area contributed by atoms with Crippen LogP contribution in [0.4, 0.5) is 0 Å². The number of hydrogen-bond donors (Lipinski definition) is 1. The number of rotatable bonds is 6. The van der Waals surface area contributed by atoms with E-state index in [4.69, 9.17) is 14.2 Å². The van der Waals surface area contributed by atoms with Crippen LogP contribution < -0.4 is 10.1 Å². The quantitative estimate of drug-likeness (QED) is 0.811. The largest absolute Gasteiger partial charge is 0.496 e. The third-order valence-corrected chi connectivity index (χ3v) is 6.42. The number of carbonyl (C=O) groups excluding carboxylic acids is 1. The molecular formula is C22H32N2O4. The van der Waals surface area contributed by atoms with Gasteiger partial charge in [-0.3, -0.25) is 9.69 Å². The topological polar surface area (TPSA) is 60.0 Å². The molecule has 6 heteroatoms. The lowest BCUT2D eigenvalue weighted by atomic mass is 9.88. The lowest BCUT2D eigenvalue weighted by Gasteiger charge is -2.39. The molecule has 0 bridgehead atoms. The van der Waals surface area contributed by atoms with Crippen LogP contribution in [-0.4, -0.2) is 62.0 Å². The molecule has 1 aromatic carbocycles. The normalized spacial score (nSPS) is 27.2. The summed E-state index contributed by atoms with van der Waals surface area (Å²) in [6, 6.07) is 8.24. The number of nitrogens with zero attached hydrogens (tertiary/aromatic N) is 1. The second kappa shape index (κ2) is 8.80. The van der Waals surface area contributed by atoms with Gasteiger partial charge in [0.05, 0.1) is 18.8 Å². The number of hydrogen-bond acceptors (Lipinski definition) is 5. The highest BCUT2D eigenvalue weighted by molar-refractivity contribution is 5.80. The second-order valence-corrected chi connectivity index (χ2v) is 8.30. The molecule has 1 N–H and O–H groups in total. The van der Waals surface area contributed by atoms with Crippen LogP contribution in [0.25, 0.3) is 0 Å². The molecule has 0 radical (unpaired) electrons. The fraction of sp³-hybridized carbons (Fsp3) is 0.682. The molecule has 1 spiro atoms. The molecule has 28 heavy (non-hydrogen) atoms. The van der Waals surface area contributed by atoms with Gasteiger partial charge in [0.15, 0.2) is 0 Å². The van der Waals surface area contributed by atoms with Crippen molar-refractivity contribution >= 4 is 5.91 Å². The average Bonchev–Trinajstić information content (AvgIpc) is 3.39. The van der Waals surface area contributed by atoms with Crippen molar-refractivity contribution in [1.82, 2.24) is 10.2 Å². The Morgan fingerprint density at radius 3 is 2.82 bits per heavy atom. The Morgan fingerprint density at radius 1 is 1.25 bits per heavy atom. The SMILES string of the molecule is COc1ccccc1CN1CCC2(CCC(CNC(=O)C3CCCO3)O2)CC1. The second-order valence-electron chi connectivity index (χ2n) is 8.30. The summed E-state index contributed by atoms with van der Waals surface area (Å²) >= 11 is 0. The third-order valence-electron chi connectivity index (χ3n) is 6.42. The van der Waals surface area contributed by atoms with E-state index in [1.165, 1.54) is 5.56 Å². The molecule has 0 saturated carbocycles. The summed E-state index contributed by atoms with van der Waals surface area (Å²) in [5.41, 5.74) is 1.24. The number of benzene rings is 1. The first kappa shape index (κ1) is 19.7. The van der Waals surface area contributed by atoms with Crippen LogP contribution in [0.3, 0.4) is 0 Å². The number of ether oxygens (including phenoxy) is 3. The molecule has 2 unspecified atom stereocenters. The lowest BCUT2D eigenvalue weighted by molar-refractivity contribution is -0.131. The van der Waals surface area contributed by atoms with E-state index in [9.17, 15) is 4.79 Å². The van der Waals surface area contributed by atoms with Crippen molar-refractivity contribution in [1.29, 1.82) is 0 Å². The summed E-state index contributed by atoms with van der Waals surface area (Å²) in [7, 11) is 1.73. The Labute approximate surface area is 167 Å². The highest BCUT2D eigenvalue weighted by Crippen LogP contribution is 2.39. The maximum atomic E-state index is 12.1. The zero-order chi connectivity index (χ0) is 19.4. The highest BCUT2D eigenvalue weighted by Gasteiger charge is 2.42. The minimum absolute atomic E-state index is 0.00345. The van der Waals surface area contributed by atoms with Gasteiger partial charge in [0.2, 0.25) is 5.91 Å². The van der Waals surface area contributed by atoms with Crippen molar-refractivity contribution in [2.24, 2.45) is 0 Å². The van der Waals surface area contributed by atoms with E-state index in [2.05, 4.69) is 22.3 Å². The molecule has 4 rings (SSSR count). The number of amides is 1. The number of carbonyl (C=O) groups is 1. The Hall–Kier alpha value is -1.63. The van der Waals surface area contributed by atoms with E-state index in [0.717, 1.165) is 63.9 Å². The molecule has 3 heterocycles. The third kappa shape index (κ3) is 4.50. The van der Waals surface area contributed by atoms with E-state index < -0.39 is 0 Å². The van der Waals surface area contributed by atoms with E-state index >= 15 is 0 Å². The van der Waals surface area contributed by atoms with Crippen molar-refractivity contribution in [2.75, 3.05) is 33.4 Å². The van der Waals surface area contributed by atoms with Crippen molar-refractivity contribution < 1.29 is 19.0 Å². The Morgan fingerprint density at radius 2 is 2.07 bits per heavy atom. The first-order chi connectivity index (χ1) is 13.7. The first-order valence-electron chi connectivity index (χ1n) is 10.6. The molecule has 154 valence electrons. The van der Waals surface area contributed by atoms with Crippen LogP contribution in [0.5, 0.6) is 5.75 Å². The average molecular weight is 389 g/mol. The lowest BCUT2D eigenvalue weighted by Crippen LogP contribution is -2.45. The van der Waals surface area contributed by atoms with Crippen LogP contribution >= 0.6 is 0 Å². The monoisotopic (exact) mass is 388 g/mol. The minimum Gasteiger partial charge on any atom is -0.496 e. The van der Waals surface area contributed by atoms with Crippen molar-refractivity contribution in [3.8, 4) is 5.75 Å². The number of para-hydroxylation sites is 1. The summed E-state index contributed by atoms with van der Waals surface area (Å²) in [4.78, 5) is 14.6. The van der Waals surface area contributed by atoms with Gasteiger partial charge in [0.25, 0.3) is 0 Å². The minimum atomic E-state index is -0.256. The Balaban J connectivity index is 1.22. The van der Waals surface area contributed by atoms with Crippen LogP contribution in [0.2, 0.25) is 0 Å². The maximum Gasteiger partial charge on any atom is 0.249 e. The van der Waals surface area contributed by atoms with Gasteiger partial charge in [-0.05, 0) is 44.6 Å². The standard InChI is InChI=1S/C22H32N2O4/c1-26-19-6-3-2-5-17(19)16-24-12-10-22(11-13-24)9-8-18(28-22)15-23-21(25)20-7-4-14-27-20/h2-3,5-6,18,20H,4,7-16H2,1H3,(H,23,25). The van der Waals surface area contributed by atoms with Gasteiger partial charge in [-0.2, -0.15) is 0 Å². The summed E-state index contributed by atoms with van der Waals surface area (Å²) in [5.74, 6) is 0.982. The van der Waals surface area contributed by atoms with Crippen molar-refractivity contribution in [2.45, 2.75) is 62.9 Å². The Kier molecular flexibility index (Phi) is 6.19. The molecule has 3 aliphatic heterocycles. The summed E-state index contributed by atoms with van der Waals surface area (Å²) in [6.07, 6.45) is 5.92. The molecule has 3 saturated heterocycles. The highest BCUT2D eigenvalue weighted by atomic mass is 16.5. The Bertz CT molecular complexity index is 666. The molecule has 2 atom stereocenters. The molecule has 1 amide bonds. The maximum absolute atomic E-state index is 12.1. The van der Waals surface area contributed by atoms with Crippen LogP contribution in [0, 0.1) is 0 Å². The van der Waals surface area contributed by atoms with Gasteiger partial charge >= 0.3 is 0 Å². The van der Waals surface area contributed by atoms with Crippen molar-refractivity contribution in [3.63, 3.8) is 0 Å². The van der Waals surface area contributed by atoms with E-state index in [1.54, 1.807) is 7.11 Å². The van der Waals surface area contributed by atoms with Gasteiger partial charge in [0.1, 0.15) is 11.9 Å². The predicted molar refractivity (Wildman–Crippen MR) is 106 cm³/mol. The van der Waals surface area contributed by atoms with Gasteiger partial charge in [-0.1, -0.05) is 18.2 Å². The molecular weight excluding hydrogens is 356 g/mol. The molecule has 6 nitrogen and oxygen atoms in total. The molecule has 0 aliphatic carbocycles. The summed E-state index contributed by atoms with van der Waals surface area (Å²) in [5, 5.41) is 3.03. The first-order valence-corrected chi connectivity index (χ1v) is 10.6. The number of nitrogens with one attached hydrogen (secondary N) is 1. The van der Waals surface area contributed by atoms with E-state index in [0.29, 0.717) is 13.2 Å². The zero-order valence-electron chi connectivity index (χ0n) is 16.8. The van der Waals surface area contributed by atoms with Gasteiger partial charge in [-0.15, -0.1) is 0 Å². The fourth-order valence-electron chi connectivity index (χ4n) is 4.71. The summed E-state index contributed by atoms with van der Waals surface area (Å²) < 4.78 is 17.4. The number of methoxy groups -OCH3 is 1.